The molecule has 1 saturated heterocycles. The molecule has 1 unspecified atom stereocenters. The third-order valence-corrected chi connectivity index (χ3v) is 7.89. The first kappa shape index (κ1) is 23.4. The molecule has 0 spiro atoms. The summed E-state index contributed by atoms with van der Waals surface area (Å²) in [5, 5.41) is 2.97. The van der Waals surface area contributed by atoms with E-state index in [0.717, 1.165) is 6.42 Å². The molecule has 0 aromatic carbocycles. The minimum absolute atomic E-state index is 0.0125. The standard InChI is InChI=1S/C20H33N3O5S/c1-7-13(3)21-19(24)16-9-11-23(12-10-16)29(26,27)18-15(5)22(6)14(4)17(18)20(25)28-8-2/h13,16H,7-12H2,1-6H3,(H,21,24). The molecule has 0 saturated carbocycles. The van der Waals surface area contributed by atoms with Crippen LogP contribution in [0.15, 0.2) is 4.90 Å². The molecule has 1 aliphatic heterocycles. The van der Waals surface area contributed by atoms with Crippen molar-refractivity contribution in [3.8, 4) is 0 Å². The lowest BCUT2D eigenvalue weighted by molar-refractivity contribution is -0.126. The molecule has 2 rings (SSSR count). The van der Waals surface area contributed by atoms with E-state index in [1.807, 2.05) is 13.8 Å². The van der Waals surface area contributed by atoms with Crippen molar-refractivity contribution in [1.29, 1.82) is 0 Å². The zero-order valence-electron chi connectivity index (χ0n) is 18.2. The van der Waals surface area contributed by atoms with Crippen molar-refractivity contribution in [2.24, 2.45) is 13.0 Å². The lowest BCUT2D eigenvalue weighted by Gasteiger charge is -2.31. The number of amides is 1. The predicted octanol–water partition coefficient (Wildman–Crippen LogP) is 2.13. The van der Waals surface area contributed by atoms with E-state index in [4.69, 9.17) is 4.74 Å². The SMILES string of the molecule is CCOC(=O)c1c(S(=O)(=O)N2CCC(C(=O)NC(C)CC)CC2)c(C)n(C)c1C. The number of hydrogen-bond acceptors (Lipinski definition) is 5. The summed E-state index contributed by atoms with van der Waals surface area (Å²) in [5.41, 5.74) is 1.16. The number of hydrogen-bond donors (Lipinski definition) is 1. The largest absolute Gasteiger partial charge is 0.462 e. The van der Waals surface area contributed by atoms with E-state index in [1.165, 1.54) is 4.31 Å². The van der Waals surface area contributed by atoms with Crippen molar-refractivity contribution in [1.82, 2.24) is 14.2 Å². The second-order valence-electron chi connectivity index (χ2n) is 7.65. The summed E-state index contributed by atoms with van der Waals surface area (Å²) in [4.78, 5) is 24.9. The molecule has 1 aliphatic rings. The van der Waals surface area contributed by atoms with Crippen LogP contribution in [-0.2, 0) is 26.6 Å². The van der Waals surface area contributed by atoms with Gasteiger partial charge in [0.15, 0.2) is 0 Å². The van der Waals surface area contributed by atoms with Crippen LogP contribution in [0.3, 0.4) is 0 Å². The van der Waals surface area contributed by atoms with Crippen LogP contribution in [0.2, 0.25) is 0 Å². The van der Waals surface area contributed by atoms with Gasteiger partial charge in [0.05, 0.1) is 6.61 Å². The lowest BCUT2D eigenvalue weighted by atomic mass is 9.97. The Hall–Kier alpha value is -1.87. The molecular weight excluding hydrogens is 394 g/mol. The van der Waals surface area contributed by atoms with Crippen molar-refractivity contribution < 1.29 is 22.7 Å². The van der Waals surface area contributed by atoms with E-state index in [-0.39, 0.29) is 48.0 Å². The Balaban J connectivity index is 2.26. The Labute approximate surface area is 173 Å². The van der Waals surface area contributed by atoms with Gasteiger partial charge in [-0.1, -0.05) is 6.92 Å². The number of ether oxygens (including phenoxy) is 1. The molecule has 164 valence electrons. The molecule has 8 nitrogen and oxygen atoms in total. The number of esters is 1. The number of rotatable bonds is 7. The highest BCUT2D eigenvalue weighted by Crippen LogP contribution is 2.32. The lowest BCUT2D eigenvalue weighted by Crippen LogP contribution is -2.44. The minimum atomic E-state index is -3.89. The number of nitrogens with one attached hydrogen (secondary N) is 1. The van der Waals surface area contributed by atoms with Crippen LogP contribution >= 0.6 is 0 Å². The van der Waals surface area contributed by atoms with Crippen LogP contribution in [0.1, 0.15) is 61.8 Å². The molecule has 0 radical (unpaired) electrons. The molecule has 1 atom stereocenters. The number of carbonyl (C=O) groups excluding carboxylic acids is 2. The van der Waals surface area contributed by atoms with Crippen LogP contribution < -0.4 is 5.32 Å². The summed E-state index contributed by atoms with van der Waals surface area (Å²) in [7, 11) is -2.15. The molecule has 1 fully saturated rings. The smallest absolute Gasteiger partial charge is 0.341 e. The highest BCUT2D eigenvalue weighted by atomic mass is 32.2. The highest BCUT2D eigenvalue weighted by molar-refractivity contribution is 7.89. The minimum Gasteiger partial charge on any atom is -0.462 e. The summed E-state index contributed by atoms with van der Waals surface area (Å²) >= 11 is 0. The van der Waals surface area contributed by atoms with Crippen molar-refractivity contribution >= 4 is 21.9 Å². The Morgan fingerprint density at radius 3 is 2.28 bits per heavy atom. The van der Waals surface area contributed by atoms with Crippen molar-refractivity contribution in [2.45, 2.75) is 64.8 Å². The molecule has 29 heavy (non-hydrogen) atoms. The number of carbonyl (C=O) groups is 2. The molecule has 1 amide bonds. The van der Waals surface area contributed by atoms with Crippen LogP contribution in [0.5, 0.6) is 0 Å². The summed E-state index contributed by atoms with van der Waals surface area (Å²) < 4.78 is 35.0. The van der Waals surface area contributed by atoms with Gasteiger partial charge in [-0.05, 0) is 47.0 Å². The molecular formula is C20H33N3O5S. The molecule has 1 N–H and O–H groups in total. The maximum absolute atomic E-state index is 13.4. The van der Waals surface area contributed by atoms with Crippen molar-refractivity contribution in [3.05, 3.63) is 17.0 Å². The molecule has 2 heterocycles. The molecule has 0 bridgehead atoms. The Morgan fingerprint density at radius 2 is 1.76 bits per heavy atom. The zero-order chi connectivity index (χ0) is 21.9. The molecule has 1 aromatic rings. The van der Waals surface area contributed by atoms with E-state index in [9.17, 15) is 18.0 Å². The van der Waals surface area contributed by atoms with Gasteiger partial charge in [0.2, 0.25) is 15.9 Å². The number of nitrogens with zero attached hydrogens (tertiary/aromatic N) is 2. The first-order chi connectivity index (χ1) is 13.6. The second-order valence-corrected chi connectivity index (χ2v) is 9.53. The van der Waals surface area contributed by atoms with E-state index in [0.29, 0.717) is 24.2 Å². The Kier molecular flexibility index (Phi) is 7.50. The Morgan fingerprint density at radius 1 is 1.17 bits per heavy atom. The average Bonchev–Trinajstić information content (AvgIpc) is 2.92. The van der Waals surface area contributed by atoms with Crippen LogP contribution in [0.4, 0.5) is 0 Å². The van der Waals surface area contributed by atoms with E-state index in [2.05, 4.69) is 5.32 Å². The molecule has 1 aromatic heterocycles. The van der Waals surface area contributed by atoms with Crippen LogP contribution in [-0.4, -0.2) is 54.9 Å². The average molecular weight is 428 g/mol. The first-order valence-corrected chi connectivity index (χ1v) is 11.6. The first-order valence-electron chi connectivity index (χ1n) is 10.2. The van der Waals surface area contributed by atoms with Crippen molar-refractivity contribution in [3.63, 3.8) is 0 Å². The topological polar surface area (TPSA) is 97.7 Å². The number of piperidine rings is 1. The summed E-state index contributed by atoms with van der Waals surface area (Å²) in [5.74, 6) is -0.843. The fourth-order valence-corrected chi connectivity index (χ4v) is 5.58. The normalized spacial score (nSPS) is 17.2. The quantitative estimate of drug-likeness (QED) is 0.672. The van der Waals surface area contributed by atoms with Gasteiger partial charge < -0.3 is 14.6 Å². The molecule has 0 aliphatic carbocycles. The van der Waals surface area contributed by atoms with E-state index >= 15 is 0 Å². The summed E-state index contributed by atoms with van der Waals surface area (Å²) in [6.07, 6.45) is 1.77. The van der Waals surface area contributed by atoms with E-state index in [1.54, 1.807) is 32.4 Å². The summed E-state index contributed by atoms with van der Waals surface area (Å²) in [6, 6.07) is 0.103. The highest BCUT2D eigenvalue weighted by Gasteiger charge is 2.38. The van der Waals surface area contributed by atoms with E-state index < -0.39 is 16.0 Å². The fourth-order valence-electron chi connectivity index (χ4n) is 3.63. The summed E-state index contributed by atoms with van der Waals surface area (Å²) in [6.45, 7) is 9.71. The maximum Gasteiger partial charge on any atom is 0.341 e. The Bertz CT molecular complexity index is 867. The zero-order valence-corrected chi connectivity index (χ0v) is 19.1. The predicted molar refractivity (Wildman–Crippen MR) is 110 cm³/mol. The third-order valence-electron chi connectivity index (χ3n) is 5.83. The van der Waals surface area contributed by atoms with Gasteiger partial charge in [0.1, 0.15) is 10.5 Å². The third kappa shape index (κ3) is 4.66. The molecule has 9 heteroatoms. The second kappa shape index (κ2) is 9.30. The van der Waals surface area contributed by atoms with Gasteiger partial charge in [-0.25, -0.2) is 13.2 Å². The van der Waals surface area contributed by atoms with Gasteiger partial charge in [-0.15, -0.1) is 0 Å². The monoisotopic (exact) mass is 427 g/mol. The maximum atomic E-state index is 13.4. The number of sulfonamides is 1. The van der Waals surface area contributed by atoms with Gasteiger partial charge in [-0.2, -0.15) is 4.31 Å². The number of aromatic nitrogens is 1. The van der Waals surface area contributed by atoms with Gasteiger partial charge in [0, 0.05) is 43.5 Å². The van der Waals surface area contributed by atoms with Gasteiger partial charge >= 0.3 is 5.97 Å². The fraction of sp³-hybridized carbons (Fsp3) is 0.700. The van der Waals surface area contributed by atoms with Crippen LogP contribution in [0, 0.1) is 19.8 Å². The van der Waals surface area contributed by atoms with Crippen LogP contribution in [0.25, 0.3) is 0 Å². The van der Waals surface area contributed by atoms with Gasteiger partial charge in [0.25, 0.3) is 0 Å². The van der Waals surface area contributed by atoms with Gasteiger partial charge in [-0.3, -0.25) is 4.79 Å². The van der Waals surface area contributed by atoms with Crippen molar-refractivity contribution in [2.75, 3.05) is 19.7 Å².